The molecule has 1 rings (SSSR count). The Balaban J connectivity index is 2.49. The van der Waals surface area contributed by atoms with E-state index in [1.165, 1.54) is 17.4 Å². The zero-order valence-electron chi connectivity index (χ0n) is 11.4. The molecule has 0 unspecified atom stereocenters. The van der Waals surface area contributed by atoms with Crippen LogP contribution in [0.3, 0.4) is 0 Å². The Labute approximate surface area is 125 Å². The maximum atomic E-state index is 11.9. The second-order valence-corrected chi connectivity index (χ2v) is 5.19. The van der Waals surface area contributed by atoms with Gasteiger partial charge in [0.1, 0.15) is 6.61 Å². The lowest BCUT2D eigenvalue weighted by atomic mass is 10.2. The largest absolute Gasteiger partial charge is 0.478 e. The van der Waals surface area contributed by atoms with Crippen LogP contribution in [0.5, 0.6) is 0 Å². The van der Waals surface area contributed by atoms with Crippen molar-refractivity contribution in [2.24, 2.45) is 5.73 Å². The number of nitrogens with one attached hydrogen (secondary N) is 1. The number of aliphatic carboxylic acids is 1. The second kappa shape index (κ2) is 8.18. The van der Waals surface area contributed by atoms with E-state index in [2.05, 4.69) is 5.32 Å². The van der Waals surface area contributed by atoms with Gasteiger partial charge in [0.05, 0.1) is 11.5 Å². The molecular weight excluding hydrogens is 296 g/mol. The molecule has 4 N–H and O–H groups in total. The summed E-state index contributed by atoms with van der Waals surface area (Å²) in [6.07, 6.45) is 2.48. The van der Waals surface area contributed by atoms with Crippen molar-refractivity contribution < 1.29 is 24.2 Å². The molecule has 0 bridgehead atoms. The molecule has 0 aliphatic rings. The number of amides is 2. The van der Waals surface area contributed by atoms with Gasteiger partial charge in [-0.05, 0) is 24.6 Å². The fourth-order valence-electron chi connectivity index (χ4n) is 1.42. The Kier molecular flexibility index (Phi) is 6.57. The van der Waals surface area contributed by atoms with Crippen molar-refractivity contribution >= 4 is 35.2 Å². The van der Waals surface area contributed by atoms with Crippen LogP contribution in [-0.2, 0) is 14.3 Å². The van der Waals surface area contributed by atoms with Crippen molar-refractivity contribution in [3.8, 4) is 0 Å². The maximum Gasteiger partial charge on any atom is 0.328 e. The third-order valence-electron chi connectivity index (χ3n) is 2.33. The van der Waals surface area contributed by atoms with E-state index < -0.39 is 11.9 Å². The summed E-state index contributed by atoms with van der Waals surface area (Å²) in [6.45, 7) is 2.05. The van der Waals surface area contributed by atoms with Crippen LogP contribution in [0.2, 0.25) is 0 Å². The van der Waals surface area contributed by atoms with Gasteiger partial charge in [-0.3, -0.25) is 9.59 Å². The van der Waals surface area contributed by atoms with Crippen LogP contribution in [0.25, 0.3) is 6.08 Å². The van der Waals surface area contributed by atoms with Crippen molar-refractivity contribution in [1.29, 1.82) is 0 Å². The van der Waals surface area contributed by atoms with Crippen LogP contribution in [0.15, 0.2) is 12.1 Å². The summed E-state index contributed by atoms with van der Waals surface area (Å²) in [5.41, 5.74) is 5.72. The molecule has 0 atom stereocenters. The van der Waals surface area contributed by atoms with Crippen molar-refractivity contribution in [3.05, 3.63) is 27.5 Å². The number of carboxylic acids is 1. The zero-order valence-corrected chi connectivity index (χ0v) is 12.2. The standard InChI is InChI=1S/C13H16N2O5S/c1-8-6-10(21-9(8)2-3-12(17)18)13(19)15-4-5-20-7-11(14)16/h2-3,6H,4-5,7H2,1H3,(H2,14,16)(H,15,19)(H,17,18)/b3-2+. The number of aryl methyl sites for hydroxylation is 1. The van der Waals surface area contributed by atoms with E-state index in [4.69, 9.17) is 15.6 Å². The van der Waals surface area contributed by atoms with E-state index in [0.717, 1.165) is 11.6 Å². The predicted octanol–water partition coefficient (Wildman–Crippen LogP) is 0.386. The molecule has 0 aromatic carbocycles. The van der Waals surface area contributed by atoms with Crippen LogP contribution < -0.4 is 11.1 Å². The number of ether oxygens (including phenoxy) is 1. The van der Waals surface area contributed by atoms with Gasteiger partial charge in [0.2, 0.25) is 5.91 Å². The van der Waals surface area contributed by atoms with Gasteiger partial charge in [-0.15, -0.1) is 11.3 Å². The highest BCUT2D eigenvalue weighted by molar-refractivity contribution is 7.15. The van der Waals surface area contributed by atoms with Crippen LogP contribution >= 0.6 is 11.3 Å². The summed E-state index contributed by atoms with van der Waals surface area (Å²) >= 11 is 1.20. The average molecular weight is 312 g/mol. The first kappa shape index (κ1) is 16.9. The molecule has 114 valence electrons. The minimum atomic E-state index is -1.04. The lowest BCUT2D eigenvalue weighted by Crippen LogP contribution is -2.28. The first-order valence-electron chi connectivity index (χ1n) is 6.06. The monoisotopic (exact) mass is 312 g/mol. The van der Waals surface area contributed by atoms with E-state index in [1.807, 2.05) is 0 Å². The third kappa shape index (κ3) is 6.19. The van der Waals surface area contributed by atoms with E-state index in [1.54, 1.807) is 13.0 Å². The number of carboxylic acid groups (broad SMARTS) is 1. The molecular formula is C13H16N2O5S. The quantitative estimate of drug-likeness (QED) is 0.474. The molecule has 0 saturated carbocycles. The summed E-state index contributed by atoms with van der Waals surface area (Å²) in [5, 5.41) is 11.2. The Morgan fingerprint density at radius 1 is 1.48 bits per heavy atom. The molecule has 2 amide bonds. The second-order valence-electron chi connectivity index (χ2n) is 4.10. The number of primary amides is 1. The Hall–Kier alpha value is -2.19. The van der Waals surface area contributed by atoms with Gasteiger partial charge in [0.25, 0.3) is 5.91 Å². The minimum Gasteiger partial charge on any atom is -0.478 e. The van der Waals surface area contributed by atoms with Crippen LogP contribution in [0, 0.1) is 6.92 Å². The van der Waals surface area contributed by atoms with Gasteiger partial charge in [0.15, 0.2) is 0 Å². The Bertz CT molecular complexity index is 565. The molecule has 0 aliphatic carbocycles. The van der Waals surface area contributed by atoms with Crippen molar-refractivity contribution in [3.63, 3.8) is 0 Å². The lowest BCUT2D eigenvalue weighted by molar-refractivity contribution is -0.131. The number of rotatable bonds is 8. The minimum absolute atomic E-state index is 0.182. The normalized spacial score (nSPS) is 10.7. The fourth-order valence-corrected chi connectivity index (χ4v) is 2.41. The highest BCUT2D eigenvalue weighted by Crippen LogP contribution is 2.23. The molecule has 1 aromatic heterocycles. The predicted molar refractivity (Wildman–Crippen MR) is 78.1 cm³/mol. The number of hydrogen-bond acceptors (Lipinski definition) is 5. The zero-order chi connectivity index (χ0) is 15.8. The Morgan fingerprint density at radius 3 is 2.81 bits per heavy atom. The van der Waals surface area contributed by atoms with Gasteiger partial charge in [-0.2, -0.15) is 0 Å². The van der Waals surface area contributed by atoms with Gasteiger partial charge >= 0.3 is 5.97 Å². The molecule has 0 radical (unpaired) electrons. The number of carbonyl (C=O) groups excluding carboxylic acids is 2. The highest BCUT2D eigenvalue weighted by Gasteiger charge is 2.11. The van der Waals surface area contributed by atoms with Gasteiger partial charge in [-0.25, -0.2) is 4.79 Å². The van der Waals surface area contributed by atoms with E-state index in [0.29, 0.717) is 9.75 Å². The molecule has 0 saturated heterocycles. The van der Waals surface area contributed by atoms with E-state index in [9.17, 15) is 14.4 Å². The summed E-state index contributed by atoms with van der Waals surface area (Å²) in [6, 6.07) is 1.69. The van der Waals surface area contributed by atoms with Gasteiger partial charge in [0, 0.05) is 17.5 Å². The molecule has 8 heteroatoms. The maximum absolute atomic E-state index is 11.9. The molecule has 0 spiro atoms. The van der Waals surface area contributed by atoms with Gasteiger partial charge in [-0.1, -0.05) is 0 Å². The summed E-state index contributed by atoms with van der Waals surface area (Å²) in [4.78, 5) is 33.9. The SMILES string of the molecule is Cc1cc(C(=O)NCCOCC(N)=O)sc1/C=C/C(=O)O. The number of carbonyl (C=O) groups is 3. The van der Waals surface area contributed by atoms with Crippen LogP contribution in [0.4, 0.5) is 0 Å². The first-order valence-corrected chi connectivity index (χ1v) is 6.87. The number of hydrogen-bond donors (Lipinski definition) is 3. The smallest absolute Gasteiger partial charge is 0.328 e. The van der Waals surface area contributed by atoms with Gasteiger partial charge < -0.3 is 20.9 Å². The molecule has 0 fully saturated rings. The summed E-state index contributed by atoms with van der Waals surface area (Å²) in [7, 11) is 0. The average Bonchev–Trinajstić information content (AvgIpc) is 2.77. The first-order chi connectivity index (χ1) is 9.90. The summed E-state index contributed by atoms with van der Waals surface area (Å²) in [5.74, 6) is -1.88. The topological polar surface area (TPSA) is 119 Å². The van der Waals surface area contributed by atoms with Crippen LogP contribution in [-0.4, -0.2) is 42.6 Å². The highest BCUT2D eigenvalue weighted by atomic mass is 32.1. The number of nitrogens with two attached hydrogens (primary N) is 1. The Morgan fingerprint density at radius 2 is 2.19 bits per heavy atom. The van der Waals surface area contributed by atoms with E-state index >= 15 is 0 Å². The fraction of sp³-hybridized carbons (Fsp3) is 0.308. The van der Waals surface area contributed by atoms with Crippen molar-refractivity contribution in [1.82, 2.24) is 5.32 Å². The third-order valence-corrected chi connectivity index (χ3v) is 3.53. The van der Waals surface area contributed by atoms with Crippen LogP contribution in [0.1, 0.15) is 20.1 Å². The molecule has 21 heavy (non-hydrogen) atoms. The van der Waals surface area contributed by atoms with Crippen molar-refractivity contribution in [2.75, 3.05) is 19.8 Å². The summed E-state index contributed by atoms with van der Waals surface area (Å²) < 4.78 is 4.91. The molecule has 7 nitrogen and oxygen atoms in total. The molecule has 1 heterocycles. The number of thiophene rings is 1. The van der Waals surface area contributed by atoms with Crippen molar-refractivity contribution in [2.45, 2.75) is 6.92 Å². The molecule has 0 aliphatic heterocycles. The van der Waals surface area contributed by atoms with E-state index in [-0.39, 0.29) is 25.7 Å². The molecule has 1 aromatic rings. The lowest BCUT2D eigenvalue weighted by Gasteiger charge is -2.03.